The quantitative estimate of drug-likeness (QED) is 0.606. The molecule has 1 fully saturated rings. The van der Waals surface area contributed by atoms with Crippen molar-refractivity contribution in [1.29, 1.82) is 0 Å². The van der Waals surface area contributed by atoms with Crippen molar-refractivity contribution in [3.8, 4) is 0 Å². The van der Waals surface area contributed by atoms with Gasteiger partial charge in [0.1, 0.15) is 6.61 Å². The Morgan fingerprint density at radius 1 is 1.43 bits per heavy atom. The van der Waals surface area contributed by atoms with E-state index in [-0.39, 0.29) is 38.5 Å². The van der Waals surface area contributed by atoms with Crippen LogP contribution in [0.5, 0.6) is 0 Å². The number of carboxylic acid groups (broad SMARTS) is 1. The average molecular weight is 201 g/mol. The summed E-state index contributed by atoms with van der Waals surface area (Å²) in [6.45, 7) is -0.00410. The molecule has 0 aromatic rings. The van der Waals surface area contributed by atoms with Crippen molar-refractivity contribution in [2.75, 3.05) is 19.8 Å². The lowest BCUT2D eigenvalue weighted by Gasteiger charge is -2.16. The Kier molecular flexibility index (Phi) is 3.58. The number of carboxylic acids is 1. The molecule has 0 aromatic heterocycles. The minimum absolute atomic E-state index is 0.0731. The summed E-state index contributed by atoms with van der Waals surface area (Å²) in [6.07, 6.45) is -0.0944. The first-order valence-corrected chi connectivity index (χ1v) is 4.24. The second-order valence-electron chi connectivity index (χ2n) is 2.89. The highest BCUT2D eigenvalue weighted by Gasteiger charge is 2.24. The number of hydrogen-bond acceptors (Lipinski definition) is 4. The van der Waals surface area contributed by atoms with Crippen LogP contribution >= 0.6 is 0 Å². The van der Waals surface area contributed by atoms with Gasteiger partial charge in [0.25, 0.3) is 5.91 Å². The minimum atomic E-state index is -1.03. The van der Waals surface area contributed by atoms with Crippen LogP contribution in [0, 0.1) is 0 Å². The van der Waals surface area contributed by atoms with Gasteiger partial charge in [-0.05, 0) is 0 Å². The Morgan fingerprint density at radius 3 is 2.79 bits per heavy atom. The van der Waals surface area contributed by atoms with Gasteiger partial charge in [0.15, 0.2) is 0 Å². The normalized spacial score (nSPS) is 18.1. The van der Waals surface area contributed by atoms with Crippen molar-refractivity contribution in [3.63, 3.8) is 0 Å². The van der Waals surface area contributed by atoms with Crippen molar-refractivity contribution in [1.82, 2.24) is 4.90 Å². The third-order valence-corrected chi connectivity index (χ3v) is 1.84. The molecule has 0 saturated carbocycles. The van der Waals surface area contributed by atoms with Crippen LogP contribution in [0.15, 0.2) is 0 Å². The average Bonchev–Trinajstić information content (AvgIpc) is 2.25. The first-order valence-electron chi connectivity index (χ1n) is 4.24. The highest BCUT2D eigenvalue weighted by molar-refractivity contribution is 5.96. The molecule has 14 heavy (non-hydrogen) atoms. The summed E-state index contributed by atoms with van der Waals surface area (Å²) in [7, 11) is 0. The first kappa shape index (κ1) is 10.6. The molecule has 6 nitrogen and oxygen atoms in total. The summed E-state index contributed by atoms with van der Waals surface area (Å²) in [5.41, 5.74) is 0. The Labute approximate surface area is 80.4 Å². The van der Waals surface area contributed by atoms with Crippen LogP contribution in [0.1, 0.15) is 12.8 Å². The summed E-state index contributed by atoms with van der Waals surface area (Å²) in [4.78, 5) is 33.7. The Hall–Kier alpha value is -1.43. The lowest BCUT2D eigenvalue weighted by molar-refractivity contribution is -0.145. The maximum absolute atomic E-state index is 11.3. The number of carbonyl (C=O) groups is 3. The maximum atomic E-state index is 11.3. The van der Waals surface area contributed by atoms with E-state index >= 15 is 0 Å². The van der Waals surface area contributed by atoms with E-state index in [2.05, 4.69) is 0 Å². The van der Waals surface area contributed by atoms with Crippen LogP contribution in [-0.4, -0.2) is 47.5 Å². The predicted molar refractivity (Wildman–Crippen MR) is 44.4 cm³/mol. The highest BCUT2D eigenvalue weighted by atomic mass is 16.5. The smallest absolute Gasteiger partial charge is 0.305 e. The molecule has 2 amide bonds. The molecule has 0 radical (unpaired) electrons. The molecule has 6 heteroatoms. The van der Waals surface area contributed by atoms with Gasteiger partial charge < -0.3 is 9.84 Å². The molecule has 0 atom stereocenters. The van der Waals surface area contributed by atoms with E-state index < -0.39 is 11.9 Å². The lowest BCUT2D eigenvalue weighted by Crippen LogP contribution is -2.38. The topological polar surface area (TPSA) is 83.9 Å². The van der Waals surface area contributed by atoms with Crippen LogP contribution < -0.4 is 0 Å². The molecule has 1 N–H and O–H groups in total. The van der Waals surface area contributed by atoms with E-state index in [9.17, 15) is 14.4 Å². The van der Waals surface area contributed by atoms with E-state index in [1.165, 1.54) is 0 Å². The summed E-state index contributed by atoms with van der Waals surface area (Å²) >= 11 is 0. The maximum Gasteiger partial charge on any atom is 0.305 e. The van der Waals surface area contributed by atoms with Gasteiger partial charge in [-0.25, -0.2) is 0 Å². The number of carbonyl (C=O) groups excluding carboxylic acids is 2. The molecule has 0 aliphatic carbocycles. The minimum Gasteiger partial charge on any atom is -0.481 e. The SMILES string of the molecule is O=C(O)CCN1C(=O)CCOCC1=O. The molecule has 0 bridgehead atoms. The Morgan fingerprint density at radius 2 is 2.14 bits per heavy atom. The molecule has 0 spiro atoms. The van der Waals surface area contributed by atoms with E-state index in [1.54, 1.807) is 0 Å². The molecule has 0 aromatic carbocycles. The third-order valence-electron chi connectivity index (χ3n) is 1.84. The Balaban J connectivity index is 2.56. The van der Waals surface area contributed by atoms with Gasteiger partial charge in [-0.1, -0.05) is 0 Å². The van der Waals surface area contributed by atoms with Gasteiger partial charge in [0, 0.05) is 6.54 Å². The summed E-state index contributed by atoms with van der Waals surface area (Å²) < 4.78 is 4.85. The number of nitrogens with zero attached hydrogens (tertiary/aromatic N) is 1. The number of ether oxygens (including phenoxy) is 1. The Bertz CT molecular complexity index is 244. The highest BCUT2D eigenvalue weighted by Crippen LogP contribution is 2.03. The largest absolute Gasteiger partial charge is 0.481 e. The predicted octanol–water partition coefficient (Wildman–Crippen LogP) is -0.763. The van der Waals surface area contributed by atoms with E-state index in [0.717, 1.165) is 4.90 Å². The molecule has 1 saturated heterocycles. The van der Waals surface area contributed by atoms with Crippen LogP contribution in [0.3, 0.4) is 0 Å². The van der Waals surface area contributed by atoms with E-state index in [4.69, 9.17) is 9.84 Å². The van der Waals surface area contributed by atoms with E-state index in [0.29, 0.717) is 0 Å². The van der Waals surface area contributed by atoms with Crippen molar-refractivity contribution in [2.45, 2.75) is 12.8 Å². The fourth-order valence-corrected chi connectivity index (χ4v) is 1.13. The van der Waals surface area contributed by atoms with Gasteiger partial charge in [0.2, 0.25) is 5.91 Å². The standard InChI is InChI=1S/C8H11NO5/c10-6-2-4-14-5-7(11)9(6)3-1-8(12)13/h1-5H2,(H,12,13). The van der Waals surface area contributed by atoms with Crippen molar-refractivity contribution >= 4 is 17.8 Å². The fraction of sp³-hybridized carbons (Fsp3) is 0.625. The van der Waals surface area contributed by atoms with Crippen molar-refractivity contribution < 1.29 is 24.2 Å². The molecule has 1 aliphatic rings. The molecule has 78 valence electrons. The van der Waals surface area contributed by atoms with Crippen LogP contribution in [0.2, 0.25) is 0 Å². The zero-order valence-corrected chi connectivity index (χ0v) is 7.56. The summed E-state index contributed by atoms with van der Waals surface area (Å²) in [6, 6.07) is 0. The fourth-order valence-electron chi connectivity index (χ4n) is 1.13. The number of rotatable bonds is 3. The first-order chi connectivity index (χ1) is 6.61. The molecule has 1 aliphatic heterocycles. The summed E-state index contributed by atoms with van der Waals surface area (Å²) in [5.74, 6) is -1.86. The van der Waals surface area contributed by atoms with Gasteiger partial charge in [-0.3, -0.25) is 19.3 Å². The number of aliphatic carboxylic acids is 1. The van der Waals surface area contributed by atoms with Crippen LogP contribution in [0.4, 0.5) is 0 Å². The van der Waals surface area contributed by atoms with Crippen molar-refractivity contribution in [3.05, 3.63) is 0 Å². The monoisotopic (exact) mass is 201 g/mol. The lowest BCUT2D eigenvalue weighted by atomic mass is 10.3. The van der Waals surface area contributed by atoms with Crippen LogP contribution in [0.25, 0.3) is 0 Å². The number of imide groups is 1. The van der Waals surface area contributed by atoms with Crippen molar-refractivity contribution in [2.24, 2.45) is 0 Å². The van der Waals surface area contributed by atoms with Gasteiger partial charge in [-0.2, -0.15) is 0 Å². The third kappa shape index (κ3) is 2.81. The molecule has 1 heterocycles. The second kappa shape index (κ2) is 4.71. The van der Waals surface area contributed by atoms with Crippen LogP contribution in [-0.2, 0) is 19.1 Å². The molecular formula is C8H11NO5. The number of amides is 2. The number of hydrogen-bond donors (Lipinski definition) is 1. The molecule has 1 rings (SSSR count). The zero-order valence-electron chi connectivity index (χ0n) is 7.56. The zero-order chi connectivity index (χ0) is 10.6. The molecular weight excluding hydrogens is 190 g/mol. The molecule has 0 unspecified atom stereocenters. The van der Waals surface area contributed by atoms with Gasteiger partial charge >= 0.3 is 5.97 Å². The van der Waals surface area contributed by atoms with E-state index in [1.807, 2.05) is 0 Å². The van der Waals surface area contributed by atoms with Gasteiger partial charge in [0.05, 0.1) is 19.4 Å². The second-order valence-corrected chi connectivity index (χ2v) is 2.89. The summed E-state index contributed by atoms with van der Waals surface area (Å²) in [5, 5.41) is 8.41. The van der Waals surface area contributed by atoms with Gasteiger partial charge in [-0.15, -0.1) is 0 Å².